The van der Waals surface area contributed by atoms with Gasteiger partial charge < -0.3 is 47.8 Å². The summed E-state index contributed by atoms with van der Waals surface area (Å²) in [6.45, 7) is 9.18. The first-order valence-electron chi connectivity index (χ1n) is 23.3. The lowest BCUT2D eigenvalue weighted by atomic mass is 9.82. The van der Waals surface area contributed by atoms with Crippen LogP contribution < -0.4 is 0 Å². The number of ketones is 2. The number of carbonyl (C=O) groups excluding carboxylic acids is 4. The quantitative estimate of drug-likeness (QED) is 0.165. The molecular weight excluding hydrogens is 799 g/mol. The predicted octanol–water partition coefficient (Wildman–Crippen LogP) is 7.18. The second-order valence-electron chi connectivity index (χ2n) is 18.1. The van der Waals surface area contributed by atoms with Gasteiger partial charge in [0, 0.05) is 18.3 Å². The molecule has 0 radical (unpaired) electrons. The van der Waals surface area contributed by atoms with Crippen molar-refractivity contribution in [3.63, 3.8) is 0 Å². The summed E-state index contributed by atoms with van der Waals surface area (Å²) < 4.78 is 52.5. The van der Waals surface area contributed by atoms with E-state index in [-0.39, 0.29) is 30.8 Å². The van der Waals surface area contributed by atoms with E-state index in [1.807, 2.05) is 62.5 Å². The molecule has 5 rings (SSSR count). The largest absolute Gasteiger partial charge is 0.536 e. The van der Waals surface area contributed by atoms with Crippen molar-refractivity contribution >= 4 is 30.5 Å². The van der Waals surface area contributed by atoms with Gasteiger partial charge in [0.25, 0.3) is 0 Å². The molecule has 0 aliphatic carbocycles. The minimum absolute atomic E-state index is 0.0225. The number of Topliss-reactive ketones (excluding diaryl/α,β-unsaturated/α-hetero) is 1. The first kappa shape index (κ1) is 50.0. The van der Waals surface area contributed by atoms with Crippen LogP contribution in [-0.2, 0) is 51.9 Å². The van der Waals surface area contributed by atoms with E-state index < -0.39 is 97.1 Å². The number of allylic oxidation sites excluding steroid dienone is 8. The number of aliphatic hydroxyl groups excluding tert-OH is 2. The molecule has 0 amide bonds. The average molecular weight is 873 g/mol. The van der Waals surface area contributed by atoms with Gasteiger partial charge in [0.05, 0.1) is 49.0 Å². The van der Waals surface area contributed by atoms with Crippen molar-refractivity contribution in [3.8, 4) is 0 Å². The Hall–Kier alpha value is -3.02. The molecule has 9 unspecified atom stereocenters. The maximum absolute atomic E-state index is 14.5. The van der Waals surface area contributed by atoms with Gasteiger partial charge in [0.1, 0.15) is 5.78 Å². The van der Waals surface area contributed by atoms with E-state index in [9.17, 15) is 29.4 Å². The fourth-order valence-corrected chi connectivity index (χ4v) is 9.03. The third-order valence-corrected chi connectivity index (χ3v) is 13.0. The smallest absolute Gasteiger partial charge is 0.504 e. The number of ether oxygens (including phenoxy) is 4. The summed E-state index contributed by atoms with van der Waals surface area (Å²) in [4.78, 5) is 54.2. The summed E-state index contributed by atoms with van der Waals surface area (Å²) in [5.41, 5.74) is 0. The second-order valence-corrected chi connectivity index (χ2v) is 18.1. The van der Waals surface area contributed by atoms with Gasteiger partial charge in [0.2, 0.25) is 0 Å². The molecule has 5 aliphatic heterocycles. The normalized spacial score (nSPS) is 43.5. The molecule has 0 aromatic rings. The lowest BCUT2D eigenvalue weighted by Crippen LogP contribution is -2.58. The average Bonchev–Trinajstić information content (AvgIpc) is 3.72. The zero-order valence-electron chi connectivity index (χ0n) is 38.0. The lowest BCUT2D eigenvalue weighted by Gasteiger charge is -2.48. The maximum Gasteiger partial charge on any atom is 0.536 e. The number of rotatable bonds is 3. The van der Waals surface area contributed by atoms with Crippen LogP contribution in [0.5, 0.6) is 0 Å². The molecule has 3 fully saturated rings. The zero-order valence-corrected chi connectivity index (χ0v) is 38.0. The van der Waals surface area contributed by atoms with Crippen LogP contribution in [0, 0.1) is 17.8 Å². The molecule has 0 aromatic carbocycles. The van der Waals surface area contributed by atoms with Gasteiger partial charge in [-0.2, -0.15) is 0 Å². The summed E-state index contributed by atoms with van der Waals surface area (Å²) >= 11 is 0. The fourth-order valence-electron chi connectivity index (χ4n) is 9.03. The fraction of sp³-hybridized carbons (Fsp3) is 0.745. The maximum atomic E-state index is 14.5. The molecule has 15 heteroatoms. The van der Waals surface area contributed by atoms with Gasteiger partial charge in [-0.25, -0.2) is 9.59 Å². The molecule has 5 aliphatic rings. The van der Waals surface area contributed by atoms with E-state index in [0.29, 0.717) is 77.0 Å². The number of carbonyl (C=O) groups is 3. The van der Waals surface area contributed by atoms with Crippen LogP contribution in [0.1, 0.15) is 145 Å². The highest BCUT2D eigenvalue weighted by molar-refractivity contribution is 6.56. The van der Waals surface area contributed by atoms with Gasteiger partial charge in [-0.1, -0.05) is 82.7 Å². The predicted molar refractivity (Wildman–Crippen MR) is 233 cm³/mol. The minimum Gasteiger partial charge on any atom is -0.504 e. The summed E-state index contributed by atoms with van der Waals surface area (Å²) in [5, 5.41) is 21.8. The Morgan fingerprint density at radius 3 is 1.77 bits per heavy atom. The Morgan fingerprint density at radius 1 is 0.677 bits per heavy atom. The Balaban J connectivity index is 1.61. The van der Waals surface area contributed by atoms with Crippen molar-refractivity contribution < 1.29 is 67.0 Å². The standard InChI is InChI=1S/C47H72BO14/c1-8-22-40-34(6)38(51)29-36(49)25-20-16-13-11-15-19-24-33(5)56-45(54)43-47-31(3)27-28-41(58-47)35(7)39(52)30-37(50)26-21-17-12-10-14-18-23-32(4)55-44(53)42-46(9-2,57-40)61-48(59-42,60-43)62-47/h10-17,31-37,40-43,49-50H,8-9,18-30H2,1-7H3/q-1/p+1/b14-10-,15-11-,16-13+,17-12+/t31-,32?,33?,34?,35?,36?,37?,40+,41+,42?,43?,46+,47+,48?/m1/s1. The van der Waals surface area contributed by atoms with Gasteiger partial charge in [0.15, 0.2) is 23.8 Å². The molecule has 2 spiro atoms. The van der Waals surface area contributed by atoms with Crippen molar-refractivity contribution in [3.05, 3.63) is 48.6 Å². The van der Waals surface area contributed by atoms with Crippen molar-refractivity contribution in [1.82, 2.24) is 0 Å². The van der Waals surface area contributed by atoms with Crippen LogP contribution >= 0.6 is 0 Å². The highest BCUT2D eigenvalue weighted by atomic mass is 17.0. The van der Waals surface area contributed by atoms with Crippen LogP contribution in [-0.4, -0.2) is 106 Å². The van der Waals surface area contributed by atoms with Crippen LogP contribution in [0.4, 0.5) is 0 Å². The van der Waals surface area contributed by atoms with Gasteiger partial charge in [-0.05, 0) is 97.8 Å². The van der Waals surface area contributed by atoms with Crippen LogP contribution in [0.15, 0.2) is 48.6 Å². The van der Waals surface area contributed by atoms with E-state index in [4.69, 9.17) is 37.6 Å². The van der Waals surface area contributed by atoms with E-state index in [1.165, 1.54) is 0 Å². The summed E-state index contributed by atoms with van der Waals surface area (Å²) in [7, 11) is 0. The number of aliphatic hydroxyl groups is 2. The molecule has 62 heavy (non-hydrogen) atoms. The molecule has 0 aromatic heterocycles. The molecule has 14 nitrogen and oxygen atoms in total. The molecule has 6 bridgehead atoms. The Morgan fingerprint density at radius 2 is 1.21 bits per heavy atom. The lowest BCUT2D eigenvalue weighted by molar-refractivity contribution is -0.287. The number of hydrogen-bond donors (Lipinski definition) is 2. The molecule has 14 atom stereocenters. The Labute approximate surface area is 368 Å². The third-order valence-electron chi connectivity index (χ3n) is 13.0. The number of esters is 2. The molecule has 3 N–H and O–H groups in total. The van der Waals surface area contributed by atoms with Crippen molar-refractivity contribution in [1.29, 1.82) is 0 Å². The van der Waals surface area contributed by atoms with E-state index >= 15 is 0 Å². The third kappa shape index (κ3) is 12.4. The van der Waals surface area contributed by atoms with Crippen LogP contribution in [0.3, 0.4) is 0 Å². The van der Waals surface area contributed by atoms with E-state index in [2.05, 4.69) is 0 Å². The van der Waals surface area contributed by atoms with Gasteiger partial charge in [-0.15, -0.1) is 0 Å². The number of fused-ring (bicyclic) bond motifs is 5. The van der Waals surface area contributed by atoms with Crippen LogP contribution in [0.2, 0.25) is 0 Å². The van der Waals surface area contributed by atoms with Crippen LogP contribution in [0.25, 0.3) is 0 Å². The number of hydrogen-bond acceptors (Lipinski definition) is 13. The highest BCUT2D eigenvalue weighted by Gasteiger charge is 2.70. The topological polar surface area (TPSA) is 187 Å². The van der Waals surface area contributed by atoms with Crippen molar-refractivity contribution in [2.24, 2.45) is 17.8 Å². The van der Waals surface area contributed by atoms with Crippen molar-refractivity contribution in [2.75, 3.05) is 0 Å². The Kier molecular flexibility index (Phi) is 18.3. The first-order valence-corrected chi connectivity index (χ1v) is 23.3. The Bertz CT molecular complexity index is 1650. The molecule has 5 heterocycles. The second kappa shape index (κ2) is 22.7. The van der Waals surface area contributed by atoms with Gasteiger partial charge in [-0.3, -0.25) is 9.59 Å². The molecule has 0 saturated carbocycles. The number of cyclic esters (lactones) is 2. The summed E-state index contributed by atoms with van der Waals surface area (Å²) in [5.74, 6) is -7.41. The minimum atomic E-state index is -3.51. The van der Waals surface area contributed by atoms with E-state index in [1.54, 1.807) is 34.6 Å². The summed E-state index contributed by atoms with van der Waals surface area (Å²) in [6, 6.07) is 0. The first-order chi connectivity index (χ1) is 29.6. The van der Waals surface area contributed by atoms with Crippen molar-refractivity contribution in [2.45, 2.75) is 205 Å². The van der Waals surface area contributed by atoms with Gasteiger partial charge >= 0.3 is 24.7 Å². The highest BCUT2D eigenvalue weighted by Crippen LogP contribution is 2.53. The molecule has 3 saturated heterocycles. The van der Waals surface area contributed by atoms with E-state index in [0.717, 1.165) is 0 Å². The summed E-state index contributed by atoms with van der Waals surface area (Å²) in [6.07, 6.45) is 14.1. The zero-order chi connectivity index (χ0) is 45.1. The monoisotopic (exact) mass is 873 g/mol. The SMILES string of the molecule is CCC[C@@H]1O[C@@]2(CC)O[B-]34OC2C(=O)OC(C)CC/C=C\C=C\CCC(O)CC(=O)C(C)[C@@H]2CC[C@@H](C)[C@](O2)(O3)C(O4)C(=O)OC(C)CC/C=C\C=C\CCC(O)CC(=[OH+])C1C. The molecule has 348 valence electrons. The molecular formula is C47H73BO14.